The first-order chi connectivity index (χ1) is 15.7. The van der Waals surface area contributed by atoms with Crippen LogP contribution in [-0.2, 0) is 13.0 Å². The highest BCUT2D eigenvalue weighted by Gasteiger charge is 2.11. The van der Waals surface area contributed by atoms with E-state index in [0.717, 1.165) is 39.5 Å². The molecule has 0 fully saturated rings. The third-order valence-corrected chi connectivity index (χ3v) is 6.77. The van der Waals surface area contributed by atoms with Gasteiger partial charge in [0.05, 0.1) is 16.8 Å². The number of carbonyl (C=O) groups excluding carboxylic acids is 1. The van der Waals surface area contributed by atoms with Crippen molar-refractivity contribution in [1.82, 2.24) is 4.57 Å². The van der Waals surface area contributed by atoms with Gasteiger partial charge in [-0.25, -0.2) is 0 Å². The predicted octanol–water partition coefficient (Wildman–Crippen LogP) is 5.80. The van der Waals surface area contributed by atoms with E-state index in [1.807, 2.05) is 61.5 Å². The molecule has 4 nitrogen and oxygen atoms in total. The van der Waals surface area contributed by atoms with Crippen LogP contribution in [0.2, 0.25) is 0 Å². The first-order valence-electron chi connectivity index (χ1n) is 10.6. The van der Waals surface area contributed by atoms with Crippen LogP contribution in [0.5, 0.6) is 5.75 Å². The van der Waals surface area contributed by atoms with Gasteiger partial charge in [-0.1, -0.05) is 53.8 Å². The molecule has 1 aromatic heterocycles. The van der Waals surface area contributed by atoms with Crippen molar-refractivity contribution in [2.24, 2.45) is 4.99 Å². The van der Waals surface area contributed by atoms with Crippen molar-refractivity contribution in [2.45, 2.75) is 19.9 Å². The fourth-order valence-corrected chi connectivity index (χ4v) is 4.99. The summed E-state index contributed by atoms with van der Waals surface area (Å²) in [7, 11) is 0. The second-order valence-corrected chi connectivity index (χ2v) is 9.36. The Morgan fingerprint density at radius 3 is 2.50 bits per heavy atom. The Hall–Kier alpha value is -2.83. The van der Waals surface area contributed by atoms with Crippen LogP contribution in [0.25, 0.3) is 10.2 Å². The highest BCUT2D eigenvalue weighted by Crippen LogP contribution is 2.24. The van der Waals surface area contributed by atoms with Gasteiger partial charge in [-0.15, -0.1) is 0 Å². The molecule has 0 unspecified atom stereocenters. The molecule has 0 aliphatic heterocycles. The van der Waals surface area contributed by atoms with E-state index in [0.29, 0.717) is 12.2 Å². The van der Waals surface area contributed by atoms with Gasteiger partial charge in [-0.3, -0.25) is 4.79 Å². The first kappa shape index (κ1) is 22.4. The molecule has 32 heavy (non-hydrogen) atoms. The van der Waals surface area contributed by atoms with E-state index in [-0.39, 0.29) is 5.91 Å². The minimum Gasteiger partial charge on any atom is -0.494 e. The fraction of sp³-hybridized carbons (Fsp3) is 0.231. The van der Waals surface area contributed by atoms with Crippen molar-refractivity contribution >= 4 is 39.2 Å². The Morgan fingerprint density at radius 1 is 1.03 bits per heavy atom. The number of fused-ring (bicyclic) bond motifs is 1. The Morgan fingerprint density at radius 2 is 1.78 bits per heavy atom. The van der Waals surface area contributed by atoms with Gasteiger partial charge in [0.2, 0.25) is 0 Å². The first-order valence-corrected chi connectivity index (χ1v) is 12.9. The van der Waals surface area contributed by atoms with Crippen LogP contribution in [0.3, 0.4) is 0 Å². The summed E-state index contributed by atoms with van der Waals surface area (Å²) < 4.78 is 8.85. The number of aromatic nitrogens is 1. The fourth-order valence-electron chi connectivity index (χ4n) is 3.54. The molecule has 164 valence electrons. The molecule has 6 heteroatoms. The molecule has 0 N–H and O–H groups in total. The normalized spacial score (nSPS) is 11.8. The summed E-state index contributed by atoms with van der Waals surface area (Å²) >= 11 is 3.31. The number of hydrogen-bond acceptors (Lipinski definition) is 4. The van der Waals surface area contributed by atoms with Gasteiger partial charge in [0.25, 0.3) is 5.91 Å². The second kappa shape index (κ2) is 10.7. The SMILES string of the molecule is CCOc1ccc2c(c1)sc(=NC(=O)c1ccc(Cc3ccccc3)cc1)n2CCSC. The van der Waals surface area contributed by atoms with Gasteiger partial charge < -0.3 is 9.30 Å². The minimum absolute atomic E-state index is 0.217. The third kappa shape index (κ3) is 5.31. The summed E-state index contributed by atoms with van der Waals surface area (Å²) in [4.78, 5) is 18.2. The largest absolute Gasteiger partial charge is 0.494 e. The quantitative estimate of drug-likeness (QED) is 0.333. The molecule has 0 aliphatic rings. The van der Waals surface area contributed by atoms with Crippen LogP contribution in [0, 0.1) is 0 Å². The van der Waals surface area contributed by atoms with Gasteiger partial charge in [0, 0.05) is 17.9 Å². The highest BCUT2D eigenvalue weighted by atomic mass is 32.2. The molecule has 0 spiro atoms. The summed E-state index contributed by atoms with van der Waals surface area (Å²) in [5.41, 5.74) is 4.11. The Balaban J connectivity index is 1.62. The lowest BCUT2D eigenvalue weighted by Crippen LogP contribution is -2.18. The molecule has 0 saturated carbocycles. The molecule has 0 saturated heterocycles. The monoisotopic (exact) mass is 462 g/mol. The predicted molar refractivity (Wildman–Crippen MR) is 135 cm³/mol. The van der Waals surface area contributed by atoms with E-state index in [1.165, 1.54) is 22.5 Å². The van der Waals surface area contributed by atoms with Gasteiger partial charge in [0.15, 0.2) is 4.80 Å². The molecule has 1 amide bonds. The number of ether oxygens (including phenoxy) is 1. The van der Waals surface area contributed by atoms with E-state index in [4.69, 9.17) is 4.74 Å². The number of hydrogen-bond donors (Lipinski definition) is 0. The lowest BCUT2D eigenvalue weighted by atomic mass is 10.0. The molecule has 4 rings (SSSR count). The maximum Gasteiger partial charge on any atom is 0.279 e. The van der Waals surface area contributed by atoms with Crippen molar-refractivity contribution in [3.8, 4) is 5.75 Å². The Bertz CT molecular complexity index is 1260. The minimum atomic E-state index is -0.217. The average molecular weight is 463 g/mol. The van der Waals surface area contributed by atoms with Crippen LogP contribution in [0.15, 0.2) is 77.8 Å². The summed E-state index contributed by atoms with van der Waals surface area (Å²) in [6.07, 6.45) is 2.93. The van der Waals surface area contributed by atoms with Gasteiger partial charge >= 0.3 is 0 Å². The lowest BCUT2D eigenvalue weighted by Gasteiger charge is -2.06. The van der Waals surface area contributed by atoms with Crippen molar-refractivity contribution in [3.05, 3.63) is 94.3 Å². The van der Waals surface area contributed by atoms with Crippen molar-refractivity contribution in [1.29, 1.82) is 0 Å². The second-order valence-electron chi connectivity index (χ2n) is 7.37. The maximum absolute atomic E-state index is 13.0. The van der Waals surface area contributed by atoms with Crippen molar-refractivity contribution < 1.29 is 9.53 Å². The molecule has 0 radical (unpaired) electrons. The van der Waals surface area contributed by atoms with E-state index in [1.54, 1.807) is 11.8 Å². The van der Waals surface area contributed by atoms with Gasteiger partial charge in [0.1, 0.15) is 5.75 Å². The van der Waals surface area contributed by atoms with Crippen LogP contribution < -0.4 is 9.54 Å². The molecule has 0 aliphatic carbocycles. The Kier molecular flexibility index (Phi) is 7.45. The molecule has 0 atom stereocenters. The van der Waals surface area contributed by atoms with Crippen LogP contribution in [0.4, 0.5) is 0 Å². The lowest BCUT2D eigenvalue weighted by molar-refractivity contribution is 0.0998. The zero-order valence-electron chi connectivity index (χ0n) is 18.3. The average Bonchev–Trinajstić information content (AvgIpc) is 3.15. The number of aryl methyl sites for hydroxylation is 1. The van der Waals surface area contributed by atoms with Crippen molar-refractivity contribution in [2.75, 3.05) is 18.6 Å². The number of thioether (sulfide) groups is 1. The van der Waals surface area contributed by atoms with E-state index >= 15 is 0 Å². The van der Waals surface area contributed by atoms with E-state index < -0.39 is 0 Å². The molecule has 3 aromatic carbocycles. The zero-order valence-corrected chi connectivity index (χ0v) is 19.9. The van der Waals surface area contributed by atoms with Gasteiger partial charge in [-0.05, 0) is 61.1 Å². The highest BCUT2D eigenvalue weighted by molar-refractivity contribution is 7.98. The number of benzene rings is 3. The number of carbonyl (C=O) groups is 1. The number of thiazole rings is 1. The van der Waals surface area contributed by atoms with Crippen LogP contribution in [-0.4, -0.2) is 29.1 Å². The summed E-state index contributed by atoms with van der Waals surface area (Å²) in [5, 5.41) is 0. The van der Waals surface area contributed by atoms with Crippen molar-refractivity contribution in [3.63, 3.8) is 0 Å². The standard InChI is InChI=1S/C26H26N2O2S2/c1-3-30-22-13-14-23-24(18-22)32-26(28(23)15-16-31-2)27-25(29)21-11-9-20(10-12-21)17-19-7-5-4-6-8-19/h4-14,18H,3,15-17H2,1-2H3. The molecular formula is C26H26N2O2S2. The van der Waals surface area contributed by atoms with Crippen LogP contribution in [0.1, 0.15) is 28.4 Å². The summed E-state index contributed by atoms with van der Waals surface area (Å²) in [5.74, 6) is 1.57. The summed E-state index contributed by atoms with van der Waals surface area (Å²) in [6, 6.07) is 24.2. The summed E-state index contributed by atoms with van der Waals surface area (Å²) in [6.45, 7) is 3.40. The smallest absolute Gasteiger partial charge is 0.279 e. The number of amides is 1. The molecule has 1 heterocycles. The van der Waals surface area contributed by atoms with Crippen LogP contribution >= 0.6 is 23.1 Å². The molecular weight excluding hydrogens is 436 g/mol. The number of nitrogens with zero attached hydrogens (tertiary/aromatic N) is 2. The zero-order chi connectivity index (χ0) is 22.3. The van der Waals surface area contributed by atoms with E-state index in [2.05, 4.69) is 34.0 Å². The number of rotatable bonds is 8. The topological polar surface area (TPSA) is 43.6 Å². The Labute approximate surface area is 196 Å². The van der Waals surface area contributed by atoms with Gasteiger partial charge in [-0.2, -0.15) is 16.8 Å². The molecule has 4 aromatic rings. The maximum atomic E-state index is 13.0. The van der Waals surface area contributed by atoms with E-state index in [9.17, 15) is 4.79 Å². The molecule has 0 bridgehead atoms. The third-order valence-electron chi connectivity index (χ3n) is 5.13.